The molecular weight excluding hydrogens is 526 g/mol. The molecule has 2 aromatic heterocycles. The maximum absolute atomic E-state index is 13.8. The Bertz CT molecular complexity index is 1340. The Morgan fingerprint density at radius 2 is 2.00 bits per heavy atom. The number of unbranched alkanes of at least 4 members (excludes halogenated alkanes) is 1. The zero-order chi connectivity index (χ0) is 28.8. The molecule has 1 aromatic carbocycles. The number of ether oxygens (including phenoxy) is 3. The predicted molar refractivity (Wildman–Crippen MR) is 150 cm³/mol. The van der Waals surface area contributed by atoms with Crippen molar-refractivity contribution in [2.45, 2.75) is 44.6 Å². The molecule has 1 unspecified atom stereocenters. The molecule has 4 heterocycles. The largest absolute Gasteiger partial charge is 0.493 e. The fourth-order valence-electron chi connectivity index (χ4n) is 5.78. The number of anilines is 1. The highest BCUT2D eigenvalue weighted by atomic mass is 16.7. The molecule has 3 aromatic rings. The molecule has 1 N–H and O–H groups in total. The van der Waals surface area contributed by atoms with Gasteiger partial charge in [-0.15, -0.1) is 0 Å². The Morgan fingerprint density at radius 3 is 2.71 bits per heavy atom. The average molecular weight is 562 g/mol. The number of carbonyl (C=O) groups excluding carboxylic acids is 1. The molecule has 1 fully saturated rings. The van der Waals surface area contributed by atoms with E-state index >= 15 is 0 Å². The third-order valence-electron chi connectivity index (χ3n) is 7.76. The average Bonchev–Trinajstić information content (AvgIpc) is 3.61. The molecular formula is C30H35N5O6. The first kappa shape index (κ1) is 28.3. The number of carboxylic acids is 1. The van der Waals surface area contributed by atoms with E-state index in [0.717, 1.165) is 24.1 Å². The second-order valence-electron chi connectivity index (χ2n) is 10.2. The van der Waals surface area contributed by atoms with Crippen molar-refractivity contribution >= 4 is 17.6 Å². The summed E-state index contributed by atoms with van der Waals surface area (Å²) in [6, 6.07) is 8.65. The minimum atomic E-state index is -0.921. The Labute approximate surface area is 239 Å². The van der Waals surface area contributed by atoms with Crippen LogP contribution in [-0.4, -0.2) is 76.4 Å². The molecule has 0 radical (unpaired) electrons. The lowest BCUT2D eigenvalue weighted by molar-refractivity contribution is -0.143. The Morgan fingerprint density at radius 1 is 1.17 bits per heavy atom. The van der Waals surface area contributed by atoms with Crippen LogP contribution in [-0.2, 0) is 16.0 Å². The van der Waals surface area contributed by atoms with Crippen LogP contribution in [0.3, 0.4) is 0 Å². The van der Waals surface area contributed by atoms with Crippen LogP contribution in [0.2, 0.25) is 0 Å². The first-order valence-corrected chi connectivity index (χ1v) is 13.9. The van der Waals surface area contributed by atoms with Crippen molar-refractivity contribution in [2.75, 3.05) is 38.4 Å². The molecule has 1 amide bonds. The van der Waals surface area contributed by atoms with Crippen molar-refractivity contribution in [2.24, 2.45) is 5.92 Å². The number of benzene rings is 1. The van der Waals surface area contributed by atoms with Crippen molar-refractivity contribution < 1.29 is 28.9 Å². The van der Waals surface area contributed by atoms with E-state index in [-0.39, 0.29) is 19.2 Å². The number of rotatable bonds is 12. The second kappa shape index (κ2) is 12.9. The molecule has 1 saturated heterocycles. The molecule has 2 aliphatic heterocycles. The number of carbonyl (C=O) groups is 2. The first-order chi connectivity index (χ1) is 20.0. The van der Waals surface area contributed by atoms with Crippen LogP contribution in [0.15, 0.2) is 55.1 Å². The Hall–Kier alpha value is -4.25. The minimum absolute atomic E-state index is 0.0703. The topological polar surface area (TPSA) is 127 Å². The van der Waals surface area contributed by atoms with Crippen LogP contribution in [0.5, 0.6) is 17.2 Å². The first-order valence-electron chi connectivity index (χ1n) is 13.9. The molecule has 0 spiro atoms. The van der Waals surface area contributed by atoms with Gasteiger partial charge in [-0.05, 0) is 48.7 Å². The molecule has 3 atom stereocenters. The molecule has 11 nitrogen and oxygen atoms in total. The Kier molecular flexibility index (Phi) is 8.93. The van der Waals surface area contributed by atoms with Gasteiger partial charge in [0.15, 0.2) is 11.5 Å². The highest BCUT2D eigenvalue weighted by Crippen LogP contribution is 2.47. The monoisotopic (exact) mass is 561 g/mol. The number of hydrogen-bond acceptors (Lipinski definition) is 9. The van der Waals surface area contributed by atoms with Crippen molar-refractivity contribution in [1.29, 1.82) is 0 Å². The number of carboxylic acid groups (broad SMARTS) is 1. The maximum atomic E-state index is 13.8. The van der Waals surface area contributed by atoms with Gasteiger partial charge in [-0.1, -0.05) is 13.3 Å². The molecule has 0 aliphatic carbocycles. The van der Waals surface area contributed by atoms with Gasteiger partial charge in [-0.2, -0.15) is 0 Å². The van der Waals surface area contributed by atoms with E-state index in [2.05, 4.69) is 21.9 Å². The predicted octanol–water partition coefficient (Wildman–Crippen LogP) is 3.54. The highest BCUT2D eigenvalue weighted by Gasteiger charge is 2.47. The van der Waals surface area contributed by atoms with Crippen molar-refractivity contribution in [1.82, 2.24) is 19.9 Å². The van der Waals surface area contributed by atoms with Gasteiger partial charge in [0.25, 0.3) is 0 Å². The summed E-state index contributed by atoms with van der Waals surface area (Å²) in [5.74, 6) is -0.0483. The van der Waals surface area contributed by atoms with E-state index < -0.39 is 23.8 Å². The van der Waals surface area contributed by atoms with Gasteiger partial charge in [0.2, 0.25) is 18.4 Å². The summed E-state index contributed by atoms with van der Waals surface area (Å²) in [4.78, 5) is 43.3. The minimum Gasteiger partial charge on any atom is -0.493 e. The van der Waals surface area contributed by atoms with Crippen LogP contribution in [0.4, 0.5) is 5.69 Å². The lowest BCUT2D eigenvalue weighted by Crippen LogP contribution is -2.44. The summed E-state index contributed by atoms with van der Waals surface area (Å²) >= 11 is 0. The normalized spacial score (nSPS) is 19.7. The number of fused-ring (bicyclic) bond motifs is 1. The summed E-state index contributed by atoms with van der Waals surface area (Å²) in [7, 11) is 1.54. The number of methoxy groups -OCH3 is 1. The van der Waals surface area contributed by atoms with Gasteiger partial charge in [-0.25, -0.2) is 9.97 Å². The summed E-state index contributed by atoms with van der Waals surface area (Å²) < 4.78 is 16.7. The van der Waals surface area contributed by atoms with E-state index in [1.807, 2.05) is 29.2 Å². The SMILES string of the molecule is CCCCN(C(=O)CN1C[C@H](c2cc(OC)c3c(c2)OCO3)C(C(=O)O)[C@@H]1CCc1ncccn1)c1cccnc1. The number of hydrogen-bond donors (Lipinski definition) is 1. The van der Waals surface area contributed by atoms with Crippen LogP contribution >= 0.6 is 0 Å². The van der Waals surface area contributed by atoms with Gasteiger partial charge in [0.1, 0.15) is 5.82 Å². The summed E-state index contributed by atoms with van der Waals surface area (Å²) in [5.41, 5.74) is 1.50. The van der Waals surface area contributed by atoms with Crippen LogP contribution < -0.4 is 19.1 Å². The maximum Gasteiger partial charge on any atom is 0.308 e. The van der Waals surface area contributed by atoms with Crippen LogP contribution in [0, 0.1) is 5.92 Å². The van der Waals surface area contributed by atoms with Gasteiger partial charge >= 0.3 is 5.97 Å². The summed E-state index contributed by atoms with van der Waals surface area (Å²) in [6.07, 6.45) is 9.45. The molecule has 11 heteroatoms. The summed E-state index contributed by atoms with van der Waals surface area (Å²) in [6.45, 7) is 3.16. The molecule has 0 saturated carbocycles. The van der Waals surface area contributed by atoms with E-state index in [1.165, 1.54) is 0 Å². The number of pyridine rings is 1. The van der Waals surface area contributed by atoms with E-state index in [9.17, 15) is 14.7 Å². The van der Waals surface area contributed by atoms with E-state index in [1.54, 1.807) is 42.9 Å². The number of amides is 1. The van der Waals surface area contributed by atoms with Gasteiger partial charge in [0.05, 0.1) is 31.5 Å². The summed E-state index contributed by atoms with van der Waals surface area (Å²) in [5, 5.41) is 10.5. The third-order valence-corrected chi connectivity index (χ3v) is 7.76. The Balaban J connectivity index is 1.47. The zero-order valence-electron chi connectivity index (χ0n) is 23.3. The number of aliphatic carboxylic acids is 1. The van der Waals surface area contributed by atoms with Gasteiger partial charge in [-0.3, -0.25) is 19.5 Å². The van der Waals surface area contributed by atoms with E-state index in [0.29, 0.717) is 49.0 Å². The molecule has 2 aliphatic rings. The fourth-order valence-corrected chi connectivity index (χ4v) is 5.78. The fraction of sp³-hybridized carbons (Fsp3) is 0.433. The molecule has 0 bridgehead atoms. The van der Waals surface area contributed by atoms with Crippen molar-refractivity contribution in [3.63, 3.8) is 0 Å². The number of aryl methyl sites for hydroxylation is 1. The van der Waals surface area contributed by atoms with Crippen LogP contribution in [0.1, 0.15) is 43.5 Å². The van der Waals surface area contributed by atoms with Crippen molar-refractivity contribution in [3.05, 3.63) is 66.5 Å². The quantitative estimate of drug-likeness (QED) is 0.351. The van der Waals surface area contributed by atoms with Gasteiger partial charge in [0, 0.05) is 50.1 Å². The lowest BCUT2D eigenvalue weighted by atomic mass is 9.83. The second-order valence-corrected chi connectivity index (χ2v) is 10.2. The third kappa shape index (κ3) is 6.25. The molecule has 216 valence electrons. The highest BCUT2D eigenvalue weighted by molar-refractivity contribution is 5.94. The standard InChI is InChI=1S/C30H35N5O6/c1-3-4-13-35(21-7-5-10-31-16-21)27(36)18-34-17-22(20-14-24(39-2)29-25(15-20)40-19-41-29)28(30(37)38)23(34)8-9-26-32-11-6-12-33-26/h5-7,10-12,14-16,22-23,28H,3-4,8-9,13,17-19H2,1-2H3,(H,37,38)/t22-,23+,28?/m1/s1. The van der Waals surface area contributed by atoms with Crippen molar-refractivity contribution in [3.8, 4) is 17.2 Å². The lowest BCUT2D eigenvalue weighted by Gasteiger charge is -2.29. The number of likely N-dealkylation sites (tertiary alicyclic amines) is 1. The van der Waals surface area contributed by atoms with Crippen LogP contribution in [0.25, 0.3) is 0 Å². The van der Waals surface area contributed by atoms with Gasteiger partial charge < -0.3 is 24.2 Å². The number of aromatic nitrogens is 3. The van der Waals surface area contributed by atoms with E-state index in [4.69, 9.17) is 14.2 Å². The molecule has 41 heavy (non-hydrogen) atoms. The smallest absolute Gasteiger partial charge is 0.308 e. The zero-order valence-corrected chi connectivity index (χ0v) is 23.3. The molecule has 5 rings (SSSR count). The number of nitrogens with zero attached hydrogens (tertiary/aromatic N) is 5.